The summed E-state index contributed by atoms with van der Waals surface area (Å²) < 4.78 is 0. The quantitative estimate of drug-likeness (QED) is 0.364. The average Bonchev–Trinajstić information content (AvgIpc) is 2.33. The fourth-order valence-corrected chi connectivity index (χ4v) is 2.70. The molecule has 0 rings (SSSR count). The molecule has 0 saturated carbocycles. The predicted molar refractivity (Wildman–Crippen MR) is 80.4 cm³/mol. The van der Waals surface area contributed by atoms with E-state index in [0.717, 1.165) is 17.8 Å². The summed E-state index contributed by atoms with van der Waals surface area (Å²) >= 11 is 0. The summed E-state index contributed by atoms with van der Waals surface area (Å²) in [6.45, 7) is 12.0. The van der Waals surface area contributed by atoms with E-state index in [1.807, 2.05) is 0 Å². The van der Waals surface area contributed by atoms with E-state index in [1.165, 1.54) is 57.8 Å². The van der Waals surface area contributed by atoms with E-state index in [1.54, 1.807) is 0 Å². The predicted octanol–water partition coefficient (Wildman–Crippen LogP) is 6.45. The van der Waals surface area contributed by atoms with E-state index in [4.69, 9.17) is 0 Å². The summed E-state index contributed by atoms with van der Waals surface area (Å²) in [7, 11) is 0. The van der Waals surface area contributed by atoms with Crippen molar-refractivity contribution in [2.45, 2.75) is 92.4 Å². The summed E-state index contributed by atoms with van der Waals surface area (Å²) in [5.74, 6) is 2.75. The molecule has 0 bridgehead atoms. The third-order valence-electron chi connectivity index (χ3n) is 4.57. The molecule has 17 heavy (non-hydrogen) atoms. The molecular formula is C17H36. The van der Waals surface area contributed by atoms with Crippen molar-refractivity contribution in [2.75, 3.05) is 0 Å². The zero-order valence-electron chi connectivity index (χ0n) is 13.1. The minimum atomic E-state index is 0.911. The van der Waals surface area contributed by atoms with Gasteiger partial charge in [-0.15, -0.1) is 0 Å². The average molecular weight is 240 g/mol. The van der Waals surface area contributed by atoms with Crippen molar-refractivity contribution < 1.29 is 0 Å². The first-order valence-corrected chi connectivity index (χ1v) is 8.13. The molecule has 0 spiro atoms. The van der Waals surface area contributed by atoms with Crippen LogP contribution in [-0.4, -0.2) is 0 Å². The lowest BCUT2D eigenvalue weighted by atomic mass is 9.80. The minimum Gasteiger partial charge on any atom is -0.0654 e. The third-order valence-corrected chi connectivity index (χ3v) is 4.57. The maximum absolute atomic E-state index is 2.47. The Balaban J connectivity index is 3.66. The maximum Gasteiger partial charge on any atom is -0.0391 e. The van der Waals surface area contributed by atoms with Crippen LogP contribution in [0.4, 0.5) is 0 Å². The molecule has 0 aromatic rings. The first-order chi connectivity index (χ1) is 8.13. The van der Waals surface area contributed by atoms with Crippen LogP contribution in [0.15, 0.2) is 0 Å². The molecule has 0 fully saturated rings. The van der Waals surface area contributed by atoms with Gasteiger partial charge in [-0.25, -0.2) is 0 Å². The van der Waals surface area contributed by atoms with Crippen molar-refractivity contribution in [3.05, 3.63) is 0 Å². The fraction of sp³-hybridized carbons (Fsp3) is 1.00. The summed E-state index contributed by atoms with van der Waals surface area (Å²) in [5.41, 5.74) is 0. The molecule has 0 saturated heterocycles. The lowest BCUT2D eigenvalue weighted by Crippen LogP contribution is -2.16. The van der Waals surface area contributed by atoms with Gasteiger partial charge in [-0.2, -0.15) is 0 Å². The van der Waals surface area contributed by atoms with Crippen molar-refractivity contribution in [3.8, 4) is 0 Å². The van der Waals surface area contributed by atoms with Crippen LogP contribution in [0, 0.1) is 17.8 Å². The number of hydrogen-bond acceptors (Lipinski definition) is 0. The molecule has 0 heteroatoms. The van der Waals surface area contributed by atoms with Crippen molar-refractivity contribution >= 4 is 0 Å². The molecule has 0 nitrogen and oxygen atoms in total. The molecule has 0 aliphatic heterocycles. The van der Waals surface area contributed by atoms with Crippen LogP contribution in [-0.2, 0) is 0 Å². The van der Waals surface area contributed by atoms with Crippen LogP contribution in [0.3, 0.4) is 0 Å². The number of hydrogen-bond donors (Lipinski definition) is 0. The number of unbranched alkanes of at least 4 members (excludes halogenated alkanes) is 5. The first-order valence-electron chi connectivity index (χ1n) is 8.13. The first kappa shape index (κ1) is 17.0. The zero-order chi connectivity index (χ0) is 13.1. The highest BCUT2D eigenvalue weighted by Crippen LogP contribution is 2.28. The Morgan fingerprint density at radius 3 is 1.47 bits per heavy atom. The molecule has 0 heterocycles. The van der Waals surface area contributed by atoms with Gasteiger partial charge in [-0.05, 0) is 17.8 Å². The largest absolute Gasteiger partial charge is 0.0654 e. The van der Waals surface area contributed by atoms with Crippen LogP contribution in [0.1, 0.15) is 92.4 Å². The standard InChI is InChI=1S/C17H36/c1-6-8-10-12-14-16(4)17(5)15(3)13-11-9-7-2/h15-17H,6-14H2,1-5H3. The lowest BCUT2D eigenvalue weighted by molar-refractivity contribution is 0.245. The molecule has 0 aromatic carbocycles. The van der Waals surface area contributed by atoms with Crippen molar-refractivity contribution in [3.63, 3.8) is 0 Å². The maximum atomic E-state index is 2.47. The van der Waals surface area contributed by atoms with E-state index in [-0.39, 0.29) is 0 Å². The van der Waals surface area contributed by atoms with Crippen LogP contribution in [0.5, 0.6) is 0 Å². The number of rotatable bonds is 11. The second-order valence-electron chi connectivity index (χ2n) is 6.16. The van der Waals surface area contributed by atoms with E-state index >= 15 is 0 Å². The van der Waals surface area contributed by atoms with Gasteiger partial charge in [-0.1, -0.05) is 92.4 Å². The van der Waals surface area contributed by atoms with Crippen molar-refractivity contribution in [1.82, 2.24) is 0 Å². The monoisotopic (exact) mass is 240 g/mol. The van der Waals surface area contributed by atoms with Gasteiger partial charge in [0.25, 0.3) is 0 Å². The Kier molecular flexibility index (Phi) is 11.1. The summed E-state index contributed by atoms with van der Waals surface area (Å²) in [5, 5.41) is 0. The Hall–Kier alpha value is 0. The molecule has 0 N–H and O–H groups in total. The second kappa shape index (κ2) is 11.1. The molecule has 3 unspecified atom stereocenters. The molecular weight excluding hydrogens is 204 g/mol. The summed E-state index contributed by atoms with van der Waals surface area (Å²) in [6.07, 6.45) is 12.8. The molecule has 0 aromatic heterocycles. The minimum absolute atomic E-state index is 0.911. The van der Waals surface area contributed by atoms with Crippen molar-refractivity contribution in [1.29, 1.82) is 0 Å². The van der Waals surface area contributed by atoms with Gasteiger partial charge in [0.1, 0.15) is 0 Å². The van der Waals surface area contributed by atoms with Crippen LogP contribution < -0.4 is 0 Å². The highest BCUT2D eigenvalue weighted by molar-refractivity contribution is 4.68. The summed E-state index contributed by atoms with van der Waals surface area (Å²) in [6, 6.07) is 0. The van der Waals surface area contributed by atoms with E-state index in [0.29, 0.717) is 0 Å². The molecule has 3 atom stereocenters. The Bertz CT molecular complexity index is 150. The van der Waals surface area contributed by atoms with Crippen LogP contribution in [0.25, 0.3) is 0 Å². The summed E-state index contributed by atoms with van der Waals surface area (Å²) in [4.78, 5) is 0. The topological polar surface area (TPSA) is 0 Å². The lowest BCUT2D eigenvalue weighted by Gasteiger charge is -2.26. The van der Waals surface area contributed by atoms with Crippen LogP contribution in [0.2, 0.25) is 0 Å². The normalized spacial score (nSPS) is 16.8. The Labute approximate surface area is 111 Å². The van der Waals surface area contributed by atoms with Gasteiger partial charge in [-0.3, -0.25) is 0 Å². The molecule has 0 amide bonds. The van der Waals surface area contributed by atoms with Gasteiger partial charge in [0.05, 0.1) is 0 Å². The molecule has 0 radical (unpaired) electrons. The SMILES string of the molecule is CCCCCCC(C)C(C)C(C)CCCCC. The smallest absolute Gasteiger partial charge is 0.0391 e. The van der Waals surface area contributed by atoms with E-state index in [9.17, 15) is 0 Å². The van der Waals surface area contributed by atoms with Gasteiger partial charge in [0, 0.05) is 0 Å². The van der Waals surface area contributed by atoms with Crippen LogP contribution >= 0.6 is 0 Å². The Morgan fingerprint density at radius 1 is 0.588 bits per heavy atom. The molecule has 0 aliphatic rings. The fourth-order valence-electron chi connectivity index (χ4n) is 2.70. The molecule has 104 valence electrons. The zero-order valence-corrected chi connectivity index (χ0v) is 13.1. The molecule has 0 aliphatic carbocycles. The van der Waals surface area contributed by atoms with E-state index in [2.05, 4.69) is 34.6 Å². The highest BCUT2D eigenvalue weighted by Gasteiger charge is 2.18. The Morgan fingerprint density at radius 2 is 1.00 bits per heavy atom. The second-order valence-corrected chi connectivity index (χ2v) is 6.16. The van der Waals surface area contributed by atoms with Gasteiger partial charge in [0.2, 0.25) is 0 Å². The van der Waals surface area contributed by atoms with Gasteiger partial charge in [0.15, 0.2) is 0 Å². The van der Waals surface area contributed by atoms with E-state index < -0.39 is 0 Å². The highest BCUT2D eigenvalue weighted by atomic mass is 14.2. The van der Waals surface area contributed by atoms with Gasteiger partial charge >= 0.3 is 0 Å². The van der Waals surface area contributed by atoms with Gasteiger partial charge < -0.3 is 0 Å². The third kappa shape index (κ3) is 8.69. The van der Waals surface area contributed by atoms with Crippen molar-refractivity contribution in [2.24, 2.45) is 17.8 Å².